The molecule has 2 amide bonds. The molecule has 4 atom stereocenters. The molecule has 2 aromatic carbocycles. The molecule has 4 aliphatic heterocycles. The van der Waals surface area contributed by atoms with Gasteiger partial charge in [0.15, 0.2) is 0 Å². The molecule has 0 N–H and O–H groups in total. The summed E-state index contributed by atoms with van der Waals surface area (Å²) in [6.07, 6.45) is 0.960. The Morgan fingerprint density at radius 2 is 0.952 bits per heavy atom. The van der Waals surface area contributed by atoms with Crippen molar-refractivity contribution in [3.8, 4) is 0 Å². The Morgan fingerprint density at radius 3 is 1.31 bits per heavy atom. The first kappa shape index (κ1) is 45.7. The number of aromatic nitrogens is 2. The van der Waals surface area contributed by atoms with E-state index in [1.807, 2.05) is 9.80 Å². The number of piperidine rings is 4. The number of halogens is 6. The Balaban J connectivity index is 0.000000186. The molecule has 0 spiro atoms. The Morgan fingerprint density at radius 1 is 0.581 bits per heavy atom. The van der Waals surface area contributed by atoms with Crippen molar-refractivity contribution in [2.45, 2.75) is 89.4 Å². The third-order valence-corrected chi connectivity index (χ3v) is 13.7. The lowest BCUT2D eigenvalue weighted by Crippen LogP contribution is -2.43. The van der Waals surface area contributed by atoms with E-state index in [9.17, 15) is 35.9 Å². The van der Waals surface area contributed by atoms with Gasteiger partial charge >= 0.3 is 12.4 Å². The molecule has 336 valence electrons. The number of hydrogen-bond acceptors (Lipinski definition) is 6. The summed E-state index contributed by atoms with van der Waals surface area (Å²) in [5.74, 6) is 1.84. The van der Waals surface area contributed by atoms with Gasteiger partial charge in [-0.2, -0.15) is 26.3 Å². The zero-order valence-corrected chi connectivity index (χ0v) is 36.3. The monoisotopic (exact) mass is 866 g/mol. The molecule has 0 aliphatic carbocycles. The van der Waals surface area contributed by atoms with E-state index in [2.05, 4.69) is 47.7 Å². The fourth-order valence-electron chi connectivity index (χ4n) is 10.4. The van der Waals surface area contributed by atoms with Crippen LogP contribution in [0, 0.1) is 23.7 Å². The number of benzene rings is 2. The van der Waals surface area contributed by atoms with Crippen LogP contribution in [-0.2, 0) is 21.9 Å². The van der Waals surface area contributed by atoms with Gasteiger partial charge in [-0.1, -0.05) is 38.1 Å². The molecule has 8 nitrogen and oxygen atoms in total. The van der Waals surface area contributed by atoms with Crippen molar-refractivity contribution in [2.75, 3.05) is 66.5 Å². The Hall–Kier alpha value is -4.30. The van der Waals surface area contributed by atoms with Crippen LogP contribution in [0.4, 0.5) is 26.3 Å². The van der Waals surface area contributed by atoms with Crippen LogP contribution in [0.25, 0.3) is 21.8 Å². The highest BCUT2D eigenvalue weighted by atomic mass is 19.4. The predicted octanol–water partition coefficient (Wildman–Crippen LogP) is 9.88. The van der Waals surface area contributed by atoms with Gasteiger partial charge in [0.2, 0.25) is 11.8 Å². The van der Waals surface area contributed by atoms with Crippen molar-refractivity contribution in [1.82, 2.24) is 29.6 Å². The van der Waals surface area contributed by atoms with Crippen LogP contribution in [0.2, 0.25) is 0 Å². The molecule has 62 heavy (non-hydrogen) atoms. The molecule has 4 aromatic rings. The molecule has 6 heterocycles. The molecule has 14 heteroatoms. The van der Waals surface area contributed by atoms with Gasteiger partial charge < -0.3 is 19.6 Å². The van der Waals surface area contributed by atoms with Crippen LogP contribution in [0.1, 0.15) is 99.3 Å². The number of nitrogens with zero attached hydrogens (tertiary/aromatic N) is 6. The molecule has 8 rings (SSSR count). The first-order valence-electron chi connectivity index (χ1n) is 22.3. The predicted molar refractivity (Wildman–Crippen MR) is 229 cm³/mol. The number of hydrogen-bond donors (Lipinski definition) is 0. The van der Waals surface area contributed by atoms with Crippen molar-refractivity contribution >= 4 is 33.6 Å². The minimum atomic E-state index is -4.44. The second-order valence-electron chi connectivity index (χ2n) is 18.8. The maximum absolute atomic E-state index is 13.5. The first-order chi connectivity index (χ1) is 29.4. The van der Waals surface area contributed by atoms with Crippen molar-refractivity contribution in [3.63, 3.8) is 0 Å². The lowest BCUT2D eigenvalue weighted by atomic mass is 9.82. The zero-order chi connectivity index (χ0) is 44.3. The smallest absolute Gasteiger partial charge is 0.342 e. The van der Waals surface area contributed by atoms with Crippen molar-refractivity contribution in [3.05, 3.63) is 83.2 Å². The summed E-state index contributed by atoms with van der Waals surface area (Å²) in [7, 11) is 4.22. The van der Waals surface area contributed by atoms with Crippen LogP contribution in [0.3, 0.4) is 0 Å². The average Bonchev–Trinajstić information content (AvgIpc) is 3.23. The fourth-order valence-corrected chi connectivity index (χ4v) is 10.4. The van der Waals surface area contributed by atoms with Crippen molar-refractivity contribution < 1.29 is 35.9 Å². The number of amides is 2. The van der Waals surface area contributed by atoms with Crippen LogP contribution < -0.4 is 0 Å². The minimum absolute atomic E-state index is 0.00470. The SMILES string of the molecule is CC1CC(c2ccc(C(F)(F)F)c3ncccc23)CN(C(=O)CC2CCN(C)CC2)C1.C[C@@H]1CC(c2ccc(C(F)(F)F)c3ncccc23)CN(C(=O)CC2CCN(C)CC2)C1. The van der Waals surface area contributed by atoms with Crippen LogP contribution in [0.5, 0.6) is 0 Å². The average molecular weight is 867 g/mol. The van der Waals surface area contributed by atoms with Gasteiger partial charge in [-0.05, 0) is 138 Å². The molecular formula is C48H60F6N6O2. The van der Waals surface area contributed by atoms with Gasteiger partial charge in [0.1, 0.15) is 0 Å². The number of pyridine rings is 2. The summed E-state index contributed by atoms with van der Waals surface area (Å²) in [5.41, 5.74) is 0.307. The van der Waals surface area contributed by atoms with E-state index in [-0.39, 0.29) is 34.7 Å². The topological polar surface area (TPSA) is 72.9 Å². The molecule has 4 saturated heterocycles. The number of alkyl halides is 6. The molecule has 2 aromatic heterocycles. The van der Waals surface area contributed by atoms with E-state index in [1.54, 1.807) is 36.4 Å². The second kappa shape index (κ2) is 19.2. The largest absolute Gasteiger partial charge is 0.418 e. The van der Waals surface area contributed by atoms with Gasteiger partial charge in [-0.3, -0.25) is 19.6 Å². The summed E-state index contributed by atoms with van der Waals surface area (Å²) >= 11 is 0. The standard InChI is InChI=1S/2C24H30F3N3O/c2*1-16-12-18(15-30(14-16)22(31)13-17-7-10-29(2)11-8-17)19-5-6-21(24(25,26)27)23-20(19)4-3-9-28-23/h2*3-6,9,16-18H,7-8,10-15H2,1-2H3/t16-,18?;/m1./s1. The summed E-state index contributed by atoms with van der Waals surface area (Å²) < 4.78 is 80.8. The molecular weight excluding hydrogens is 807 g/mol. The highest BCUT2D eigenvalue weighted by Gasteiger charge is 2.38. The fraction of sp³-hybridized carbons (Fsp3) is 0.583. The number of carbonyl (C=O) groups excluding carboxylic acids is 2. The van der Waals surface area contributed by atoms with Crippen LogP contribution >= 0.6 is 0 Å². The molecule has 4 aliphatic rings. The minimum Gasteiger partial charge on any atom is -0.342 e. The lowest BCUT2D eigenvalue weighted by Gasteiger charge is -2.38. The van der Waals surface area contributed by atoms with E-state index in [0.29, 0.717) is 60.4 Å². The highest BCUT2D eigenvalue weighted by molar-refractivity contribution is 5.87. The Kier molecular flexibility index (Phi) is 14.2. The summed E-state index contributed by atoms with van der Waals surface area (Å²) in [6.45, 7) is 10.9. The molecule has 3 unspecified atom stereocenters. The van der Waals surface area contributed by atoms with Crippen molar-refractivity contribution in [1.29, 1.82) is 0 Å². The first-order valence-corrected chi connectivity index (χ1v) is 22.3. The normalized spacial score (nSPS) is 24.0. The van der Waals surface area contributed by atoms with E-state index >= 15 is 0 Å². The van der Waals surface area contributed by atoms with Gasteiger partial charge in [-0.15, -0.1) is 0 Å². The number of fused-ring (bicyclic) bond motifs is 2. The molecule has 0 saturated carbocycles. The maximum atomic E-state index is 13.5. The van der Waals surface area contributed by atoms with Crippen LogP contribution in [-0.4, -0.2) is 108 Å². The zero-order valence-electron chi connectivity index (χ0n) is 36.3. The molecule has 0 bridgehead atoms. The maximum Gasteiger partial charge on any atom is 0.418 e. The van der Waals surface area contributed by atoms with E-state index in [1.165, 1.54) is 12.4 Å². The third kappa shape index (κ3) is 10.9. The Bertz CT molecular complexity index is 2030. The van der Waals surface area contributed by atoms with Gasteiger partial charge in [0, 0.05) is 74.0 Å². The molecule has 4 fully saturated rings. The third-order valence-electron chi connectivity index (χ3n) is 13.7. The summed E-state index contributed by atoms with van der Waals surface area (Å²) in [4.78, 5) is 42.7. The van der Waals surface area contributed by atoms with Gasteiger partial charge in [0.25, 0.3) is 0 Å². The Labute approximate surface area is 361 Å². The van der Waals surface area contributed by atoms with Gasteiger partial charge in [0.05, 0.1) is 22.2 Å². The van der Waals surface area contributed by atoms with E-state index < -0.39 is 23.5 Å². The van der Waals surface area contributed by atoms with Crippen LogP contribution in [0.15, 0.2) is 60.9 Å². The molecule has 0 radical (unpaired) electrons. The number of rotatable bonds is 6. The number of carbonyl (C=O) groups is 2. The summed E-state index contributed by atoms with van der Waals surface area (Å²) in [6, 6.07) is 12.3. The summed E-state index contributed by atoms with van der Waals surface area (Å²) in [5, 5.41) is 1.08. The lowest BCUT2D eigenvalue weighted by molar-refractivity contribution is -0.137. The highest BCUT2D eigenvalue weighted by Crippen LogP contribution is 2.42. The van der Waals surface area contributed by atoms with Crippen molar-refractivity contribution in [2.24, 2.45) is 23.7 Å². The van der Waals surface area contributed by atoms with E-state index in [4.69, 9.17) is 0 Å². The quantitative estimate of drug-likeness (QED) is 0.180. The van der Waals surface area contributed by atoms with E-state index in [0.717, 1.165) is 101 Å². The second-order valence-corrected chi connectivity index (χ2v) is 18.8. The number of likely N-dealkylation sites (tertiary alicyclic amines) is 4. The van der Waals surface area contributed by atoms with Gasteiger partial charge in [-0.25, -0.2) is 0 Å².